The molecule has 0 aliphatic heterocycles. The van der Waals surface area contributed by atoms with E-state index < -0.39 is 0 Å². The van der Waals surface area contributed by atoms with Gasteiger partial charge in [0.25, 0.3) is 0 Å². The van der Waals surface area contributed by atoms with Gasteiger partial charge >= 0.3 is 0 Å². The van der Waals surface area contributed by atoms with Crippen LogP contribution in [0.15, 0.2) is 22.7 Å². The van der Waals surface area contributed by atoms with Crippen LogP contribution >= 0.6 is 15.9 Å². The van der Waals surface area contributed by atoms with Crippen molar-refractivity contribution >= 4 is 15.9 Å². The van der Waals surface area contributed by atoms with Gasteiger partial charge < -0.3 is 10.1 Å². The van der Waals surface area contributed by atoms with Crippen molar-refractivity contribution in [3.63, 3.8) is 0 Å². The first-order chi connectivity index (χ1) is 9.63. The van der Waals surface area contributed by atoms with Gasteiger partial charge in [0.15, 0.2) is 0 Å². The standard InChI is InChI=1S/C17H26BrNO/c1-12-4-5-13(11-19-2)14(8-12)9-15-10-16(18)6-7-17(15)20-3/h6-7,10,12-14,19H,4-5,8-9,11H2,1-3H3. The number of hydrogen-bond acceptors (Lipinski definition) is 2. The van der Waals surface area contributed by atoms with Crippen LogP contribution in [-0.4, -0.2) is 20.7 Å². The lowest BCUT2D eigenvalue weighted by molar-refractivity contribution is 0.185. The molecule has 3 unspecified atom stereocenters. The van der Waals surface area contributed by atoms with E-state index in [1.807, 2.05) is 0 Å². The van der Waals surface area contributed by atoms with E-state index in [0.717, 1.165) is 40.9 Å². The Hall–Kier alpha value is -0.540. The van der Waals surface area contributed by atoms with Crippen LogP contribution in [0.25, 0.3) is 0 Å². The summed E-state index contributed by atoms with van der Waals surface area (Å²) in [5, 5.41) is 3.37. The average molecular weight is 340 g/mol. The average Bonchev–Trinajstić information content (AvgIpc) is 2.42. The normalized spacial score (nSPS) is 26.5. The maximum absolute atomic E-state index is 5.53. The van der Waals surface area contributed by atoms with E-state index in [4.69, 9.17) is 4.74 Å². The molecule has 0 spiro atoms. The van der Waals surface area contributed by atoms with Gasteiger partial charge in [-0.05, 0) is 74.4 Å². The molecule has 1 N–H and O–H groups in total. The Labute approximate surface area is 131 Å². The molecule has 3 atom stereocenters. The number of benzene rings is 1. The molecule has 112 valence electrons. The second kappa shape index (κ2) is 7.46. The Morgan fingerprint density at radius 3 is 2.80 bits per heavy atom. The third-order valence-corrected chi connectivity index (χ3v) is 5.09. The lowest BCUT2D eigenvalue weighted by atomic mass is 9.72. The summed E-state index contributed by atoms with van der Waals surface area (Å²) in [4.78, 5) is 0. The van der Waals surface area contributed by atoms with E-state index in [-0.39, 0.29) is 0 Å². The van der Waals surface area contributed by atoms with Crippen LogP contribution in [-0.2, 0) is 6.42 Å². The van der Waals surface area contributed by atoms with Crippen LogP contribution in [0, 0.1) is 17.8 Å². The fourth-order valence-electron chi connectivity index (χ4n) is 3.53. The van der Waals surface area contributed by atoms with E-state index in [1.54, 1.807) is 7.11 Å². The zero-order valence-corrected chi connectivity index (χ0v) is 14.4. The Morgan fingerprint density at radius 1 is 1.30 bits per heavy atom. The number of ether oxygens (including phenoxy) is 1. The topological polar surface area (TPSA) is 21.3 Å². The zero-order valence-electron chi connectivity index (χ0n) is 12.8. The number of methoxy groups -OCH3 is 1. The summed E-state index contributed by atoms with van der Waals surface area (Å²) in [6, 6.07) is 6.34. The monoisotopic (exact) mass is 339 g/mol. The summed E-state index contributed by atoms with van der Waals surface area (Å²) in [7, 11) is 3.83. The second-order valence-corrected chi connectivity index (χ2v) is 7.07. The summed E-state index contributed by atoms with van der Waals surface area (Å²) < 4.78 is 6.67. The van der Waals surface area contributed by atoms with Crippen LogP contribution in [0.3, 0.4) is 0 Å². The molecule has 0 aromatic heterocycles. The minimum Gasteiger partial charge on any atom is -0.496 e. The molecule has 0 amide bonds. The molecule has 0 bridgehead atoms. The molecule has 1 saturated carbocycles. The van der Waals surface area contributed by atoms with E-state index in [2.05, 4.69) is 53.4 Å². The maximum atomic E-state index is 5.53. The molecule has 1 aromatic rings. The highest BCUT2D eigenvalue weighted by atomic mass is 79.9. The molecule has 1 aliphatic carbocycles. The molecule has 0 radical (unpaired) electrons. The van der Waals surface area contributed by atoms with Crippen LogP contribution in [0.2, 0.25) is 0 Å². The predicted octanol–water partition coefficient (Wildman–Crippen LogP) is 4.27. The molecule has 0 saturated heterocycles. The SMILES string of the molecule is CNCC1CCC(C)CC1Cc1cc(Br)ccc1OC. The first-order valence-corrected chi connectivity index (χ1v) is 8.40. The molecule has 1 aliphatic rings. The van der Waals surface area contributed by atoms with Crippen molar-refractivity contribution in [1.82, 2.24) is 5.32 Å². The van der Waals surface area contributed by atoms with Gasteiger partial charge in [0.2, 0.25) is 0 Å². The fourth-order valence-corrected chi connectivity index (χ4v) is 3.94. The van der Waals surface area contributed by atoms with E-state index >= 15 is 0 Å². The first kappa shape index (κ1) is 15.8. The van der Waals surface area contributed by atoms with E-state index in [9.17, 15) is 0 Å². The van der Waals surface area contributed by atoms with Gasteiger partial charge in [-0.15, -0.1) is 0 Å². The van der Waals surface area contributed by atoms with Gasteiger partial charge in [-0.1, -0.05) is 29.3 Å². The van der Waals surface area contributed by atoms with E-state index in [0.29, 0.717) is 0 Å². The third-order valence-electron chi connectivity index (χ3n) is 4.59. The van der Waals surface area contributed by atoms with Crippen molar-refractivity contribution in [3.05, 3.63) is 28.2 Å². The lowest BCUT2D eigenvalue weighted by Gasteiger charge is -2.35. The summed E-state index contributed by atoms with van der Waals surface area (Å²) in [5.74, 6) is 3.43. The number of halogens is 1. The highest BCUT2D eigenvalue weighted by molar-refractivity contribution is 9.10. The molecule has 1 fully saturated rings. The van der Waals surface area contributed by atoms with Crippen molar-refractivity contribution in [1.29, 1.82) is 0 Å². The molecule has 2 rings (SSSR count). The van der Waals surface area contributed by atoms with Gasteiger partial charge in [0.1, 0.15) is 5.75 Å². The summed E-state index contributed by atoms with van der Waals surface area (Å²) in [6.07, 6.45) is 5.18. The van der Waals surface area contributed by atoms with Crippen molar-refractivity contribution in [2.45, 2.75) is 32.6 Å². The van der Waals surface area contributed by atoms with Crippen molar-refractivity contribution in [2.24, 2.45) is 17.8 Å². The number of nitrogens with one attached hydrogen (secondary N) is 1. The van der Waals surface area contributed by atoms with Crippen molar-refractivity contribution < 1.29 is 4.74 Å². The maximum Gasteiger partial charge on any atom is 0.122 e. The van der Waals surface area contributed by atoms with Crippen LogP contribution in [0.4, 0.5) is 0 Å². The smallest absolute Gasteiger partial charge is 0.122 e. The van der Waals surface area contributed by atoms with Crippen molar-refractivity contribution in [2.75, 3.05) is 20.7 Å². The van der Waals surface area contributed by atoms with Gasteiger partial charge in [-0.2, -0.15) is 0 Å². The summed E-state index contributed by atoms with van der Waals surface area (Å²) in [5.41, 5.74) is 1.34. The van der Waals surface area contributed by atoms with Gasteiger partial charge in [0, 0.05) is 4.47 Å². The fraction of sp³-hybridized carbons (Fsp3) is 0.647. The highest BCUT2D eigenvalue weighted by Crippen LogP contribution is 2.37. The second-order valence-electron chi connectivity index (χ2n) is 6.16. The Bertz CT molecular complexity index is 435. The summed E-state index contributed by atoms with van der Waals surface area (Å²) in [6.45, 7) is 3.52. The quantitative estimate of drug-likeness (QED) is 0.864. The molecular weight excluding hydrogens is 314 g/mol. The molecule has 2 nitrogen and oxygen atoms in total. The minimum absolute atomic E-state index is 0.759. The van der Waals surface area contributed by atoms with Crippen LogP contribution in [0.1, 0.15) is 31.7 Å². The molecule has 0 heterocycles. The number of rotatable bonds is 5. The third kappa shape index (κ3) is 3.98. The number of hydrogen-bond donors (Lipinski definition) is 1. The van der Waals surface area contributed by atoms with E-state index in [1.165, 1.54) is 24.8 Å². The molecular formula is C17H26BrNO. The molecule has 1 aromatic carbocycles. The van der Waals surface area contributed by atoms with Gasteiger partial charge in [-0.25, -0.2) is 0 Å². The molecule has 3 heteroatoms. The Balaban J connectivity index is 2.14. The van der Waals surface area contributed by atoms with Gasteiger partial charge in [-0.3, -0.25) is 0 Å². The van der Waals surface area contributed by atoms with Crippen LogP contribution < -0.4 is 10.1 Å². The zero-order chi connectivity index (χ0) is 14.5. The van der Waals surface area contributed by atoms with Crippen molar-refractivity contribution in [3.8, 4) is 5.75 Å². The first-order valence-electron chi connectivity index (χ1n) is 7.61. The largest absolute Gasteiger partial charge is 0.496 e. The summed E-state index contributed by atoms with van der Waals surface area (Å²) >= 11 is 3.58. The Morgan fingerprint density at radius 2 is 2.10 bits per heavy atom. The Kier molecular flexibility index (Phi) is 5.91. The predicted molar refractivity (Wildman–Crippen MR) is 88.3 cm³/mol. The molecule has 20 heavy (non-hydrogen) atoms. The van der Waals surface area contributed by atoms with Crippen LogP contribution in [0.5, 0.6) is 5.75 Å². The highest BCUT2D eigenvalue weighted by Gasteiger charge is 2.28. The lowest BCUT2D eigenvalue weighted by Crippen LogP contribution is -2.32. The minimum atomic E-state index is 0.759. The van der Waals surface area contributed by atoms with Gasteiger partial charge in [0.05, 0.1) is 7.11 Å².